The summed E-state index contributed by atoms with van der Waals surface area (Å²) in [5, 5.41) is 0. The third-order valence-electron chi connectivity index (χ3n) is 4.40. The highest BCUT2D eigenvalue weighted by Crippen LogP contribution is 2.13. The largest absolute Gasteiger partial charge is 0.459 e. The summed E-state index contributed by atoms with van der Waals surface area (Å²) < 4.78 is 15.6. The molecule has 6 heteroatoms. The zero-order valence-corrected chi connectivity index (χ0v) is 14.4. The molecule has 2 rings (SSSR count). The summed E-state index contributed by atoms with van der Waals surface area (Å²) in [6, 6.07) is 0. The van der Waals surface area contributed by atoms with Gasteiger partial charge in [0.05, 0.1) is 13.2 Å². The molecule has 2 aliphatic rings. The van der Waals surface area contributed by atoms with E-state index in [1.54, 1.807) is 0 Å². The van der Waals surface area contributed by atoms with Crippen LogP contribution in [0.2, 0.25) is 0 Å². The van der Waals surface area contributed by atoms with Crippen LogP contribution in [0.3, 0.4) is 0 Å². The molecule has 1 saturated heterocycles. The molecule has 0 bridgehead atoms. The van der Waals surface area contributed by atoms with Crippen LogP contribution in [0.15, 0.2) is 12.2 Å². The maximum atomic E-state index is 11.4. The highest BCUT2D eigenvalue weighted by molar-refractivity contribution is 5.92. The molecular formula is C18H29NO5. The molecule has 2 aliphatic heterocycles. The zero-order chi connectivity index (χ0) is 17.0. The molecule has 1 unspecified atom stereocenters. The molecule has 0 spiro atoms. The van der Waals surface area contributed by atoms with Gasteiger partial charge >= 0.3 is 11.9 Å². The standard InChI is InChI=1S/C18H29NO5/c20-17-8-9-18(21)24-16(15-23-17)7-5-3-1-2-4-6-10-19-11-13-22-14-12-19/h8-9,16H,1-7,10-15H2/b9-8-. The van der Waals surface area contributed by atoms with Crippen LogP contribution in [0.4, 0.5) is 0 Å². The molecule has 0 amide bonds. The minimum atomic E-state index is -0.475. The summed E-state index contributed by atoms with van der Waals surface area (Å²) in [5.41, 5.74) is 0. The predicted octanol–water partition coefficient (Wildman–Crippen LogP) is 2.07. The minimum Gasteiger partial charge on any atom is -0.459 e. The average Bonchev–Trinajstić information content (AvgIpc) is 2.59. The van der Waals surface area contributed by atoms with Gasteiger partial charge in [-0.25, -0.2) is 9.59 Å². The number of esters is 2. The summed E-state index contributed by atoms with van der Waals surface area (Å²) >= 11 is 0. The Labute approximate surface area is 144 Å². The summed E-state index contributed by atoms with van der Waals surface area (Å²) in [7, 11) is 0. The Morgan fingerprint density at radius 3 is 2.38 bits per heavy atom. The van der Waals surface area contributed by atoms with Gasteiger partial charge in [0, 0.05) is 25.2 Å². The van der Waals surface area contributed by atoms with Crippen molar-refractivity contribution in [2.24, 2.45) is 0 Å². The quantitative estimate of drug-likeness (QED) is 0.473. The van der Waals surface area contributed by atoms with Gasteiger partial charge in [0.1, 0.15) is 12.7 Å². The molecule has 0 saturated carbocycles. The van der Waals surface area contributed by atoms with Gasteiger partial charge in [-0.2, -0.15) is 0 Å². The lowest BCUT2D eigenvalue weighted by atomic mass is 10.1. The number of cyclic esters (lactones) is 2. The van der Waals surface area contributed by atoms with Crippen LogP contribution in [-0.4, -0.2) is 62.4 Å². The molecular weight excluding hydrogens is 310 g/mol. The van der Waals surface area contributed by atoms with E-state index in [-0.39, 0.29) is 12.7 Å². The fourth-order valence-corrected chi connectivity index (χ4v) is 2.98. The zero-order valence-electron chi connectivity index (χ0n) is 14.4. The van der Waals surface area contributed by atoms with E-state index in [1.165, 1.54) is 32.2 Å². The first-order valence-corrected chi connectivity index (χ1v) is 9.09. The molecule has 1 atom stereocenters. The van der Waals surface area contributed by atoms with Crippen molar-refractivity contribution in [1.29, 1.82) is 0 Å². The van der Waals surface area contributed by atoms with Crippen LogP contribution in [0, 0.1) is 0 Å². The van der Waals surface area contributed by atoms with Crippen molar-refractivity contribution in [2.75, 3.05) is 39.5 Å². The molecule has 0 aromatic carbocycles. The first kappa shape index (κ1) is 18.9. The minimum absolute atomic E-state index is 0.161. The van der Waals surface area contributed by atoms with Crippen LogP contribution in [-0.2, 0) is 23.8 Å². The van der Waals surface area contributed by atoms with E-state index in [0.717, 1.165) is 57.7 Å². The van der Waals surface area contributed by atoms with E-state index in [9.17, 15) is 9.59 Å². The number of carbonyl (C=O) groups excluding carboxylic acids is 2. The van der Waals surface area contributed by atoms with Crippen LogP contribution in [0.25, 0.3) is 0 Å². The molecule has 0 N–H and O–H groups in total. The average molecular weight is 339 g/mol. The van der Waals surface area contributed by atoms with E-state index in [0.29, 0.717) is 0 Å². The normalized spacial score (nSPS) is 23.9. The molecule has 2 heterocycles. The van der Waals surface area contributed by atoms with Gasteiger partial charge in [-0.05, 0) is 25.8 Å². The summed E-state index contributed by atoms with van der Waals surface area (Å²) in [4.78, 5) is 25.1. The fourth-order valence-electron chi connectivity index (χ4n) is 2.98. The van der Waals surface area contributed by atoms with Crippen molar-refractivity contribution in [3.63, 3.8) is 0 Å². The van der Waals surface area contributed by atoms with E-state index in [2.05, 4.69) is 4.90 Å². The number of morpholine rings is 1. The summed E-state index contributed by atoms with van der Waals surface area (Å²) in [6.07, 6.45) is 9.74. The Kier molecular flexibility index (Phi) is 8.84. The van der Waals surface area contributed by atoms with Gasteiger partial charge in [0.25, 0.3) is 0 Å². The number of hydrogen-bond donors (Lipinski definition) is 0. The Balaban J connectivity index is 1.45. The van der Waals surface area contributed by atoms with Crippen molar-refractivity contribution in [1.82, 2.24) is 4.90 Å². The van der Waals surface area contributed by atoms with Crippen LogP contribution >= 0.6 is 0 Å². The number of ether oxygens (including phenoxy) is 3. The lowest BCUT2D eigenvalue weighted by Crippen LogP contribution is -2.36. The molecule has 0 aromatic heterocycles. The number of nitrogens with zero attached hydrogens (tertiary/aromatic N) is 1. The van der Waals surface area contributed by atoms with Crippen molar-refractivity contribution in [3.8, 4) is 0 Å². The Morgan fingerprint density at radius 2 is 1.58 bits per heavy atom. The number of unbranched alkanes of at least 4 members (excludes halogenated alkanes) is 5. The van der Waals surface area contributed by atoms with E-state index >= 15 is 0 Å². The molecule has 0 radical (unpaired) electrons. The van der Waals surface area contributed by atoms with Gasteiger partial charge in [-0.15, -0.1) is 0 Å². The second-order valence-corrected chi connectivity index (χ2v) is 6.39. The SMILES string of the molecule is O=C1/C=C\C(=O)OC(CCCCCCCCN2CCOCC2)CO1. The van der Waals surface area contributed by atoms with Crippen LogP contribution in [0.5, 0.6) is 0 Å². The van der Waals surface area contributed by atoms with Gasteiger partial charge in [-0.1, -0.05) is 25.7 Å². The highest BCUT2D eigenvalue weighted by Gasteiger charge is 2.17. The van der Waals surface area contributed by atoms with E-state index < -0.39 is 11.9 Å². The fraction of sp³-hybridized carbons (Fsp3) is 0.778. The third-order valence-corrected chi connectivity index (χ3v) is 4.40. The third kappa shape index (κ3) is 7.93. The maximum absolute atomic E-state index is 11.4. The number of hydrogen-bond acceptors (Lipinski definition) is 6. The van der Waals surface area contributed by atoms with Crippen molar-refractivity contribution in [2.45, 2.75) is 51.0 Å². The van der Waals surface area contributed by atoms with Crippen molar-refractivity contribution < 1.29 is 23.8 Å². The second kappa shape index (κ2) is 11.2. The molecule has 1 fully saturated rings. The summed E-state index contributed by atoms with van der Waals surface area (Å²) in [5.74, 6) is -0.934. The van der Waals surface area contributed by atoms with Crippen molar-refractivity contribution >= 4 is 11.9 Å². The predicted molar refractivity (Wildman–Crippen MR) is 89.6 cm³/mol. The van der Waals surface area contributed by atoms with Gasteiger partial charge in [0.15, 0.2) is 0 Å². The first-order chi connectivity index (χ1) is 11.7. The smallest absolute Gasteiger partial charge is 0.331 e. The first-order valence-electron chi connectivity index (χ1n) is 9.09. The van der Waals surface area contributed by atoms with Crippen LogP contribution in [0.1, 0.15) is 44.9 Å². The van der Waals surface area contributed by atoms with Crippen molar-refractivity contribution in [3.05, 3.63) is 12.2 Å². The van der Waals surface area contributed by atoms with Gasteiger partial charge < -0.3 is 14.2 Å². The second-order valence-electron chi connectivity index (χ2n) is 6.39. The number of carbonyl (C=O) groups is 2. The maximum Gasteiger partial charge on any atom is 0.331 e. The topological polar surface area (TPSA) is 65.1 Å². The number of rotatable bonds is 9. The molecule has 0 aromatic rings. The summed E-state index contributed by atoms with van der Waals surface area (Å²) in [6.45, 7) is 5.22. The highest BCUT2D eigenvalue weighted by atomic mass is 16.6. The monoisotopic (exact) mass is 339 g/mol. The van der Waals surface area contributed by atoms with E-state index in [4.69, 9.17) is 14.2 Å². The Bertz CT molecular complexity index is 418. The Morgan fingerprint density at radius 1 is 0.917 bits per heavy atom. The molecule has 6 nitrogen and oxygen atoms in total. The lowest BCUT2D eigenvalue weighted by molar-refractivity contribution is -0.155. The molecule has 136 valence electrons. The van der Waals surface area contributed by atoms with Gasteiger partial charge in [0.2, 0.25) is 0 Å². The Hall–Kier alpha value is -1.40. The van der Waals surface area contributed by atoms with Gasteiger partial charge in [-0.3, -0.25) is 4.90 Å². The van der Waals surface area contributed by atoms with E-state index in [1.807, 2.05) is 0 Å². The molecule has 24 heavy (non-hydrogen) atoms. The lowest BCUT2D eigenvalue weighted by Gasteiger charge is -2.26. The van der Waals surface area contributed by atoms with Crippen LogP contribution < -0.4 is 0 Å². The molecule has 0 aliphatic carbocycles.